The van der Waals surface area contributed by atoms with Gasteiger partial charge in [-0.1, -0.05) is 15.9 Å². The highest BCUT2D eigenvalue weighted by Crippen LogP contribution is 2.25. The molecule has 0 saturated carbocycles. The normalized spacial score (nSPS) is 9.71. The molecule has 17 heavy (non-hydrogen) atoms. The van der Waals surface area contributed by atoms with Crippen molar-refractivity contribution >= 4 is 15.9 Å². The van der Waals surface area contributed by atoms with Gasteiger partial charge in [0.2, 0.25) is 5.88 Å². The van der Waals surface area contributed by atoms with Crippen molar-refractivity contribution < 1.29 is 4.74 Å². The zero-order valence-electron chi connectivity index (χ0n) is 9.14. The van der Waals surface area contributed by atoms with E-state index < -0.39 is 0 Å². The smallest absolute Gasteiger partial charge is 0.237 e. The number of nitriles is 1. The van der Waals surface area contributed by atoms with Gasteiger partial charge >= 0.3 is 0 Å². The minimum absolute atomic E-state index is 0.342. The topological polar surface area (TPSA) is 45.9 Å². The molecule has 0 fully saturated rings. The molecule has 2 aromatic rings. The van der Waals surface area contributed by atoms with E-state index in [1.165, 1.54) is 0 Å². The van der Waals surface area contributed by atoms with Gasteiger partial charge in [0.25, 0.3) is 0 Å². The predicted octanol–water partition coefficient (Wildman–Crippen LogP) is 3.82. The number of ether oxygens (including phenoxy) is 1. The molecule has 2 rings (SSSR count). The molecule has 0 bridgehead atoms. The van der Waals surface area contributed by atoms with Crippen molar-refractivity contribution in [3.8, 4) is 17.7 Å². The van der Waals surface area contributed by atoms with E-state index in [4.69, 9.17) is 10.00 Å². The van der Waals surface area contributed by atoms with Crippen molar-refractivity contribution in [3.05, 3.63) is 52.1 Å². The van der Waals surface area contributed by atoms with Crippen molar-refractivity contribution in [1.82, 2.24) is 4.98 Å². The standard InChI is InChI=1S/C13H9BrN2O/c1-9-6-7-16-13(12(9)8-15)17-11-4-2-10(14)3-5-11/h2-7H,1H3. The maximum Gasteiger partial charge on any atom is 0.237 e. The van der Waals surface area contributed by atoms with E-state index in [1.54, 1.807) is 12.3 Å². The fourth-order valence-corrected chi connectivity index (χ4v) is 1.63. The van der Waals surface area contributed by atoms with Crippen molar-refractivity contribution in [3.63, 3.8) is 0 Å². The summed E-state index contributed by atoms with van der Waals surface area (Å²) in [5, 5.41) is 9.04. The number of nitrogens with zero attached hydrogens (tertiary/aromatic N) is 2. The van der Waals surface area contributed by atoms with E-state index in [9.17, 15) is 0 Å². The lowest BCUT2D eigenvalue weighted by Crippen LogP contribution is -1.93. The third-order valence-electron chi connectivity index (χ3n) is 2.26. The molecule has 1 aromatic carbocycles. The molecule has 4 heteroatoms. The van der Waals surface area contributed by atoms with Crippen molar-refractivity contribution in [2.75, 3.05) is 0 Å². The quantitative estimate of drug-likeness (QED) is 0.844. The average Bonchev–Trinajstić information content (AvgIpc) is 2.32. The van der Waals surface area contributed by atoms with E-state index in [1.807, 2.05) is 31.2 Å². The van der Waals surface area contributed by atoms with Gasteiger partial charge in [0, 0.05) is 10.7 Å². The number of pyridine rings is 1. The average molecular weight is 289 g/mol. The van der Waals surface area contributed by atoms with Gasteiger partial charge in [-0.2, -0.15) is 5.26 Å². The second kappa shape index (κ2) is 4.98. The number of halogens is 1. The lowest BCUT2D eigenvalue weighted by atomic mass is 10.2. The van der Waals surface area contributed by atoms with E-state index in [2.05, 4.69) is 27.0 Å². The third kappa shape index (κ3) is 2.63. The third-order valence-corrected chi connectivity index (χ3v) is 2.79. The van der Waals surface area contributed by atoms with Gasteiger partial charge < -0.3 is 4.74 Å². The van der Waals surface area contributed by atoms with Crippen molar-refractivity contribution in [2.24, 2.45) is 0 Å². The van der Waals surface area contributed by atoms with Crippen LogP contribution in [0.25, 0.3) is 0 Å². The number of hydrogen-bond acceptors (Lipinski definition) is 3. The van der Waals surface area contributed by atoms with E-state index in [0.717, 1.165) is 10.0 Å². The first-order valence-corrected chi connectivity index (χ1v) is 5.79. The van der Waals surface area contributed by atoms with Crippen LogP contribution in [-0.4, -0.2) is 4.98 Å². The van der Waals surface area contributed by atoms with Gasteiger partial charge in [-0.05, 0) is 42.8 Å². The summed E-state index contributed by atoms with van der Waals surface area (Å²) < 4.78 is 6.56. The molecule has 0 aliphatic heterocycles. The Labute approximate surface area is 108 Å². The second-order valence-electron chi connectivity index (χ2n) is 3.48. The number of aryl methyl sites for hydroxylation is 1. The lowest BCUT2D eigenvalue weighted by Gasteiger charge is -2.07. The Morgan fingerprint density at radius 3 is 2.59 bits per heavy atom. The molecule has 1 aromatic heterocycles. The Morgan fingerprint density at radius 2 is 1.94 bits per heavy atom. The summed E-state index contributed by atoms with van der Waals surface area (Å²) in [7, 11) is 0. The van der Waals surface area contributed by atoms with Gasteiger partial charge in [-0.25, -0.2) is 4.98 Å². The SMILES string of the molecule is Cc1ccnc(Oc2ccc(Br)cc2)c1C#N. The Kier molecular flexibility index (Phi) is 3.40. The van der Waals surface area contributed by atoms with Crippen molar-refractivity contribution in [2.45, 2.75) is 6.92 Å². The Morgan fingerprint density at radius 1 is 1.24 bits per heavy atom. The van der Waals surface area contributed by atoms with E-state index in [0.29, 0.717) is 17.2 Å². The summed E-state index contributed by atoms with van der Waals surface area (Å²) in [5.74, 6) is 0.998. The summed E-state index contributed by atoms with van der Waals surface area (Å²) in [6.45, 7) is 1.86. The van der Waals surface area contributed by atoms with Gasteiger partial charge in [0.1, 0.15) is 17.4 Å². The molecule has 0 unspecified atom stereocenters. The predicted molar refractivity (Wildman–Crippen MR) is 67.9 cm³/mol. The maximum atomic E-state index is 9.04. The van der Waals surface area contributed by atoms with Crippen LogP contribution in [-0.2, 0) is 0 Å². The van der Waals surface area contributed by atoms with Crippen LogP contribution in [0.3, 0.4) is 0 Å². The lowest BCUT2D eigenvalue weighted by molar-refractivity contribution is 0.460. The first-order chi connectivity index (χ1) is 8.20. The number of hydrogen-bond donors (Lipinski definition) is 0. The molecule has 0 N–H and O–H groups in total. The number of aromatic nitrogens is 1. The first kappa shape index (κ1) is 11.6. The first-order valence-electron chi connectivity index (χ1n) is 5.00. The molecule has 3 nitrogen and oxygen atoms in total. The Hall–Kier alpha value is -1.86. The summed E-state index contributed by atoms with van der Waals surface area (Å²) >= 11 is 3.35. The zero-order valence-corrected chi connectivity index (χ0v) is 10.7. The second-order valence-corrected chi connectivity index (χ2v) is 4.39. The molecule has 1 heterocycles. The fourth-order valence-electron chi connectivity index (χ4n) is 1.36. The Balaban J connectivity index is 2.34. The van der Waals surface area contributed by atoms with Crippen LogP contribution in [0.4, 0.5) is 0 Å². The zero-order chi connectivity index (χ0) is 12.3. The molecule has 0 atom stereocenters. The summed E-state index contributed by atoms with van der Waals surface area (Å²) in [6, 6.07) is 11.3. The minimum atomic E-state index is 0.342. The van der Waals surface area contributed by atoms with E-state index >= 15 is 0 Å². The van der Waals surface area contributed by atoms with Crippen LogP contribution in [0.2, 0.25) is 0 Å². The highest BCUT2D eigenvalue weighted by Gasteiger charge is 2.08. The van der Waals surface area contributed by atoms with Crippen LogP contribution in [0.15, 0.2) is 41.0 Å². The van der Waals surface area contributed by atoms with E-state index in [-0.39, 0.29) is 0 Å². The number of rotatable bonds is 2. The Bertz CT molecular complexity index is 573. The molecule has 0 aliphatic rings. The van der Waals surface area contributed by atoms with Crippen molar-refractivity contribution in [1.29, 1.82) is 5.26 Å². The number of benzene rings is 1. The summed E-state index contributed by atoms with van der Waals surface area (Å²) in [4.78, 5) is 4.07. The summed E-state index contributed by atoms with van der Waals surface area (Å²) in [6.07, 6.45) is 1.63. The highest BCUT2D eigenvalue weighted by molar-refractivity contribution is 9.10. The van der Waals surface area contributed by atoms with Gasteiger partial charge in [0.05, 0.1) is 0 Å². The van der Waals surface area contributed by atoms with Crippen LogP contribution >= 0.6 is 15.9 Å². The van der Waals surface area contributed by atoms with Crippen LogP contribution in [0.1, 0.15) is 11.1 Å². The molecule has 0 radical (unpaired) electrons. The molecular formula is C13H9BrN2O. The maximum absolute atomic E-state index is 9.04. The minimum Gasteiger partial charge on any atom is -0.438 e. The van der Waals surface area contributed by atoms with Gasteiger partial charge in [0.15, 0.2) is 0 Å². The van der Waals surface area contributed by atoms with Crippen LogP contribution in [0, 0.1) is 18.3 Å². The van der Waals surface area contributed by atoms with Crippen LogP contribution < -0.4 is 4.74 Å². The fraction of sp³-hybridized carbons (Fsp3) is 0.0769. The molecular weight excluding hydrogens is 280 g/mol. The largest absolute Gasteiger partial charge is 0.438 e. The monoisotopic (exact) mass is 288 g/mol. The van der Waals surface area contributed by atoms with Gasteiger partial charge in [-0.15, -0.1) is 0 Å². The van der Waals surface area contributed by atoms with Crippen LogP contribution in [0.5, 0.6) is 11.6 Å². The highest BCUT2D eigenvalue weighted by atomic mass is 79.9. The molecule has 0 amide bonds. The molecule has 0 spiro atoms. The van der Waals surface area contributed by atoms with Gasteiger partial charge in [-0.3, -0.25) is 0 Å². The summed E-state index contributed by atoms with van der Waals surface area (Å²) in [5.41, 5.74) is 1.32. The molecule has 84 valence electrons. The molecule has 0 saturated heterocycles. The molecule has 0 aliphatic carbocycles.